The van der Waals surface area contributed by atoms with Gasteiger partial charge in [0.15, 0.2) is 5.69 Å². The number of hydrogen-bond donors (Lipinski definition) is 1. The normalized spacial score (nSPS) is 18.0. The molecule has 0 radical (unpaired) electrons. The van der Waals surface area contributed by atoms with Crippen molar-refractivity contribution in [1.29, 1.82) is 0 Å². The van der Waals surface area contributed by atoms with Gasteiger partial charge >= 0.3 is 0 Å². The molecule has 150 valence electrons. The van der Waals surface area contributed by atoms with E-state index in [-0.39, 0.29) is 24.0 Å². The SMILES string of the molecule is Cc1c(C(=O)NC2CCCN(S(C)(=O)=O)C2)nnn1-c1cccc([N+](=O)[O-])c1. The Balaban J connectivity index is 1.77. The average molecular weight is 408 g/mol. The van der Waals surface area contributed by atoms with Crippen LogP contribution in [0, 0.1) is 17.0 Å². The molecule has 11 nitrogen and oxygen atoms in total. The van der Waals surface area contributed by atoms with E-state index in [0.29, 0.717) is 30.8 Å². The smallest absolute Gasteiger partial charge is 0.274 e. The van der Waals surface area contributed by atoms with Crippen LogP contribution >= 0.6 is 0 Å². The van der Waals surface area contributed by atoms with Crippen LogP contribution in [-0.2, 0) is 10.0 Å². The average Bonchev–Trinajstić information content (AvgIpc) is 3.03. The fourth-order valence-electron chi connectivity index (χ4n) is 3.14. The maximum atomic E-state index is 12.6. The Morgan fingerprint density at radius 1 is 1.39 bits per heavy atom. The van der Waals surface area contributed by atoms with E-state index in [1.165, 1.54) is 27.2 Å². The number of carbonyl (C=O) groups excluding carboxylic acids is 1. The summed E-state index contributed by atoms with van der Waals surface area (Å²) in [7, 11) is -3.32. The second-order valence-electron chi connectivity index (χ2n) is 6.65. The third-order valence-corrected chi connectivity index (χ3v) is 5.85. The van der Waals surface area contributed by atoms with Crippen LogP contribution in [0.25, 0.3) is 5.69 Å². The third-order valence-electron chi connectivity index (χ3n) is 4.58. The fraction of sp³-hybridized carbons (Fsp3) is 0.438. The highest BCUT2D eigenvalue weighted by Crippen LogP contribution is 2.19. The lowest BCUT2D eigenvalue weighted by Crippen LogP contribution is -2.49. The van der Waals surface area contributed by atoms with Gasteiger partial charge in [0.1, 0.15) is 0 Å². The second-order valence-corrected chi connectivity index (χ2v) is 8.63. The molecule has 1 atom stereocenters. The first-order valence-electron chi connectivity index (χ1n) is 8.60. The highest BCUT2D eigenvalue weighted by atomic mass is 32.2. The Morgan fingerprint density at radius 3 is 2.82 bits per heavy atom. The molecule has 0 spiro atoms. The number of carbonyl (C=O) groups is 1. The molecule has 1 N–H and O–H groups in total. The number of nitro benzene ring substituents is 1. The van der Waals surface area contributed by atoms with Crippen LogP contribution in [0.15, 0.2) is 24.3 Å². The summed E-state index contributed by atoms with van der Waals surface area (Å²) in [5, 5.41) is 21.6. The number of piperidine rings is 1. The predicted octanol–water partition coefficient (Wildman–Crippen LogP) is 0.638. The maximum absolute atomic E-state index is 12.6. The standard InChI is InChI=1S/C16H20N6O5S/c1-11-15(16(23)17-12-5-4-8-20(10-12)28(2,26)27)18-19-21(11)13-6-3-7-14(9-13)22(24)25/h3,6-7,9,12H,4-5,8,10H2,1-2H3,(H,17,23). The first-order valence-corrected chi connectivity index (χ1v) is 10.4. The first kappa shape index (κ1) is 19.9. The minimum atomic E-state index is -3.32. The molecule has 0 bridgehead atoms. The molecule has 28 heavy (non-hydrogen) atoms. The van der Waals surface area contributed by atoms with E-state index in [0.717, 1.165) is 6.26 Å². The maximum Gasteiger partial charge on any atom is 0.274 e. The van der Waals surface area contributed by atoms with Crippen LogP contribution in [0.3, 0.4) is 0 Å². The van der Waals surface area contributed by atoms with Gasteiger partial charge in [0, 0.05) is 31.3 Å². The highest BCUT2D eigenvalue weighted by Gasteiger charge is 2.28. The summed E-state index contributed by atoms with van der Waals surface area (Å²) in [6.45, 7) is 2.28. The summed E-state index contributed by atoms with van der Waals surface area (Å²) < 4.78 is 26.1. The van der Waals surface area contributed by atoms with E-state index >= 15 is 0 Å². The molecule has 3 rings (SSSR count). The molecule has 0 aliphatic carbocycles. The van der Waals surface area contributed by atoms with E-state index in [4.69, 9.17) is 0 Å². The van der Waals surface area contributed by atoms with Gasteiger partial charge in [-0.05, 0) is 25.8 Å². The van der Waals surface area contributed by atoms with E-state index in [1.807, 2.05) is 0 Å². The number of hydrogen-bond acceptors (Lipinski definition) is 7. The summed E-state index contributed by atoms with van der Waals surface area (Å²) in [5.41, 5.74) is 0.831. The summed E-state index contributed by atoms with van der Waals surface area (Å²) in [4.78, 5) is 23.0. The van der Waals surface area contributed by atoms with Gasteiger partial charge in [0.2, 0.25) is 10.0 Å². The molecule has 1 aromatic carbocycles. The first-order chi connectivity index (χ1) is 13.2. The van der Waals surface area contributed by atoms with E-state index in [1.54, 1.807) is 13.0 Å². The van der Waals surface area contributed by atoms with Crippen LogP contribution in [0.5, 0.6) is 0 Å². The zero-order chi connectivity index (χ0) is 20.5. The van der Waals surface area contributed by atoms with Crippen molar-refractivity contribution in [3.8, 4) is 5.69 Å². The predicted molar refractivity (Wildman–Crippen MR) is 99.7 cm³/mol. The highest BCUT2D eigenvalue weighted by molar-refractivity contribution is 7.88. The third kappa shape index (κ3) is 4.17. The lowest BCUT2D eigenvalue weighted by molar-refractivity contribution is -0.384. The summed E-state index contributed by atoms with van der Waals surface area (Å²) in [6.07, 6.45) is 2.46. The molecule has 2 aromatic rings. The van der Waals surface area contributed by atoms with Crippen LogP contribution in [-0.4, -0.2) is 63.9 Å². The quantitative estimate of drug-likeness (QED) is 0.565. The molecule has 0 saturated carbocycles. The number of rotatable bonds is 5. The number of aromatic nitrogens is 3. The Kier molecular flexibility index (Phi) is 5.42. The lowest BCUT2D eigenvalue weighted by Gasteiger charge is -2.31. The van der Waals surface area contributed by atoms with Crippen LogP contribution in [0.1, 0.15) is 29.0 Å². The number of amides is 1. The Morgan fingerprint density at radius 2 is 2.14 bits per heavy atom. The largest absolute Gasteiger partial charge is 0.347 e. The lowest BCUT2D eigenvalue weighted by atomic mass is 10.1. The Labute approximate surface area is 161 Å². The van der Waals surface area contributed by atoms with Crippen molar-refractivity contribution >= 4 is 21.6 Å². The molecule has 2 heterocycles. The number of nitro groups is 1. The van der Waals surface area contributed by atoms with Crippen molar-refractivity contribution < 1.29 is 18.1 Å². The summed E-state index contributed by atoms with van der Waals surface area (Å²) >= 11 is 0. The topological polar surface area (TPSA) is 140 Å². The summed E-state index contributed by atoms with van der Waals surface area (Å²) in [5.74, 6) is -0.463. The van der Waals surface area contributed by atoms with Crippen molar-refractivity contribution in [3.05, 3.63) is 45.8 Å². The minimum absolute atomic E-state index is 0.0861. The molecule has 1 amide bonds. The van der Waals surface area contributed by atoms with Crippen LogP contribution < -0.4 is 5.32 Å². The molecule has 1 aromatic heterocycles. The van der Waals surface area contributed by atoms with E-state index in [9.17, 15) is 23.3 Å². The van der Waals surface area contributed by atoms with Crippen molar-refractivity contribution in [2.45, 2.75) is 25.8 Å². The monoisotopic (exact) mass is 408 g/mol. The molecular formula is C16H20N6O5S. The van der Waals surface area contributed by atoms with Gasteiger partial charge in [-0.15, -0.1) is 5.10 Å². The number of nitrogens with one attached hydrogen (secondary N) is 1. The van der Waals surface area contributed by atoms with Gasteiger partial charge in [0.25, 0.3) is 11.6 Å². The Bertz CT molecular complexity index is 1020. The molecule has 1 aliphatic heterocycles. The molecule has 1 unspecified atom stereocenters. The van der Waals surface area contributed by atoms with Crippen molar-refractivity contribution in [2.75, 3.05) is 19.3 Å². The molecule has 1 aliphatic rings. The van der Waals surface area contributed by atoms with Gasteiger partial charge in [-0.1, -0.05) is 11.3 Å². The van der Waals surface area contributed by atoms with Crippen LogP contribution in [0.4, 0.5) is 5.69 Å². The van der Waals surface area contributed by atoms with E-state index < -0.39 is 20.9 Å². The molecule has 1 saturated heterocycles. The van der Waals surface area contributed by atoms with Gasteiger partial charge < -0.3 is 5.32 Å². The molecule has 1 fully saturated rings. The van der Waals surface area contributed by atoms with Gasteiger partial charge in [-0.3, -0.25) is 14.9 Å². The molecular weight excluding hydrogens is 388 g/mol. The summed E-state index contributed by atoms with van der Waals surface area (Å²) in [6, 6.07) is 5.53. The van der Waals surface area contributed by atoms with Crippen molar-refractivity contribution in [2.24, 2.45) is 0 Å². The number of sulfonamides is 1. The van der Waals surface area contributed by atoms with Crippen molar-refractivity contribution in [1.82, 2.24) is 24.6 Å². The zero-order valence-electron chi connectivity index (χ0n) is 15.4. The number of nitrogens with zero attached hydrogens (tertiary/aromatic N) is 5. The van der Waals surface area contributed by atoms with Gasteiger partial charge in [-0.2, -0.15) is 0 Å². The van der Waals surface area contributed by atoms with Crippen molar-refractivity contribution in [3.63, 3.8) is 0 Å². The van der Waals surface area contributed by atoms with E-state index in [2.05, 4.69) is 15.6 Å². The van der Waals surface area contributed by atoms with Gasteiger partial charge in [-0.25, -0.2) is 17.4 Å². The minimum Gasteiger partial charge on any atom is -0.347 e. The number of benzene rings is 1. The zero-order valence-corrected chi connectivity index (χ0v) is 16.2. The van der Waals surface area contributed by atoms with Gasteiger partial charge in [0.05, 0.1) is 22.6 Å². The fourth-order valence-corrected chi connectivity index (χ4v) is 4.05. The molecule has 12 heteroatoms. The number of non-ortho nitro benzene ring substituents is 1. The van der Waals surface area contributed by atoms with Crippen LogP contribution in [0.2, 0.25) is 0 Å². The Hall–Kier alpha value is -2.86. The second kappa shape index (κ2) is 7.64.